The van der Waals surface area contributed by atoms with Crippen LogP contribution in [0.2, 0.25) is 0 Å². The fourth-order valence-electron chi connectivity index (χ4n) is 2.20. The third-order valence-electron chi connectivity index (χ3n) is 3.41. The van der Waals surface area contributed by atoms with Crippen molar-refractivity contribution in [1.29, 1.82) is 0 Å². The van der Waals surface area contributed by atoms with Crippen molar-refractivity contribution in [2.45, 2.75) is 13.3 Å². The van der Waals surface area contributed by atoms with Crippen molar-refractivity contribution in [2.24, 2.45) is 0 Å². The summed E-state index contributed by atoms with van der Waals surface area (Å²) in [5.41, 5.74) is 3.19. The summed E-state index contributed by atoms with van der Waals surface area (Å²) in [4.78, 5) is 11.3. The Hall–Kier alpha value is -2.43. The van der Waals surface area contributed by atoms with Crippen LogP contribution in [0, 0.1) is 6.92 Å². The minimum Gasteiger partial charge on any atom is -0.344 e. The summed E-state index contributed by atoms with van der Waals surface area (Å²) in [5, 5.41) is 7.89. The van der Waals surface area contributed by atoms with Crippen molar-refractivity contribution in [2.75, 3.05) is 18.5 Å². The fraction of sp³-hybridized carbons (Fsp3) is 0.267. The molecule has 0 saturated heterocycles. The number of aryl methyl sites for hydroxylation is 1. The molecule has 0 atom stereocenters. The predicted molar refractivity (Wildman–Crippen MR) is 79.8 cm³/mol. The van der Waals surface area contributed by atoms with E-state index in [-0.39, 0.29) is 0 Å². The van der Waals surface area contributed by atoms with Crippen LogP contribution in [0.1, 0.15) is 11.3 Å². The molecule has 3 rings (SSSR count). The molecule has 0 amide bonds. The highest BCUT2D eigenvalue weighted by Gasteiger charge is 2.08. The number of likely N-dealkylation sites (N-methyl/N-ethyl adjacent to an activating group) is 1. The average molecular weight is 267 g/mol. The van der Waals surface area contributed by atoms with Crippen molar-refractivity contribution >= 4 is 16.9 Å². The van der Waals surface area contributed by atoms with E-state index in [0.29, 0.717) is 0 Å². The summed E-state index contributed by atoms with van der Waals surface area (Å²) in [5.74, 6) is 0.768. The fourth-order valence-corrected chi connectivity index (χ4v) is 2.20. The molecule has 0 radical (unpaired) electrons. The molecule has 0 aliphatic rings. The van der Waals surface area contributed by atoms with Gasteiger partial charge in [-0.2, -0.15) is 5.10 Å². The second-order valence-electron chi connectivity index (χ2n) is 4.90. The zero-order valence-corrected chi connectivity index (χ0v) is 11.7. The molecule has 0 spiro atoms. The first-order valence-corrected chi connectivity index (χ1v) is 6.66. The van der Waals surface area contributed by atoms with Gasteiger partial charge >= 0.3 is 0 Å². The number of nitrogens with zero attached hydrogens (tertiary/aromatic N) is 4. The molecule has 5 nitrogen and oxygen atoms in total. The van der Waals surface area contributed by atoms with Crippen molar-refractivity contribution in [3.8, 4) is 0 Å². The van der Waals surface area contributed by atoms with Gasteiger partial charge in [0.15, 0.2) is 0 Å². The normalized spacial score (nSPS) is 10.9. The molecule has 0 unspecified atom stereocenters. The van der Waals surface area contributed by atoms with Gasteiger partial charge in [-0.3, -0.25) is 5.10 Å². The highest BCUT2D eigenvalue weighted by molar-refractivity contribution is 5.81. The second kappa shape index (κ2) is 5.28. The summed E-state index contributed by atoms with van der Waals surface area (Å²) < 4.78 is 0. The Bertz CT molecular complexity index is 705. The molecule has 3 aromatic rings. The molecule has 0 saturated carbocycles. The Morgan fingerprint density at radius 3 is 2.85 bits per heavy atom. The second-order valence-corrected chi connectivity index (χ2v) is 4.90. The van der Waals surface area contributed by atoms with E-state index in [1.165, 1.54) is 5.56 Å². The summed E-state index contributed by atoms with van der Waals surface area (Å²) in [6, 6.07) is 8.10. The van der Waals surface area contributed by atoms with Crippen LogP contribution in [0.15, 0.2) is 36.7 Å². The molecule has 0 aliphatic heterocycles. The van der Waals surface area contributed by atoms with Crippen molar-refractivity contribution in [3.63, 3.8) is 0 Å². The Morgan fingerprint density at radius 1 is 1.20 bits per heavy atom. The lowest BCUT2D eigenvalue weighted by molar-refractivity contribution is 0.839. The predicted octanol–water partition coefficient (Wildman–Crippen LogP) is 2.34. The summed E-state index contributed by atoms with van der Waals surface area (Å²) in [6.45, 7) is 2.88. The zero-order chi connectivity index (χ0) is 13.9. The molecule has 0 aliphatic carbocycles. The molecule has 102 valence electrons. The Kier molecular flexibility index (Phi) is 3.33. The van der Waals surface area contributed by atoms with Gasteiger partial charge in [0.05, 0.1) is 17.4 Å². The standard InChI is InChI=1S/C15H17N5/c1-11-13-5-3-4-6-14(13)19-15(18-11)20(2)8-7-12-9-16-17-10-12/h3-6,9-10H,7-8H2,1-2H3,(H,16,17). The first kappa shape index (κ1) is 12.6. The zero-order valence-electron chi connectivity index (χ0n) is 11.7. The van der Waals surface area contributed by atoms with Crippen LogP contribution in [0.5, 0.6) is 0 Å². The van der Waals surface area contributed by atoms with E-state index in [9.17, 15) is 0 Å². The van der Waals surface area contributed by atoms with E-state index in [0.717, 1.165) is 35.5 Å². The molecular weight excluding hydrogens is 250 g/mol. The van der Waals surface area contributed by atoms with E-state index >= 15 is 0 Å². The molecule has 1 aromatic carbocycles. The summed E-state index contributed by atoms with van der Waals surface area (Å²) in [7, 11) is 2.02. The molecule has 20 heavy (non-hydrogen) atoms. The van der Waals surface area contributed by atoms with E-state index in [1.54, 1.807) is 0 Å². The lowest BCUT2D eigenvalue weighted by atomic mass is 10.2. The van der Waals surface area contributed by atoms with Crippen LogP contribution in [0.25, 0.3) is 10.9 Å². The Labute approximate surface area is 117 Å². The van der Waals surface area contributed by atoms with Gasteiger partial charge in [-0.05, 0) is 25.0 Å². The van der Waals surface area contributed by atoms with Gasteiger partial charge in [-0.15, -0.1) is 0 Å². The van der Waals surface area contributed by atoms with Gasteiger partial charge in [0.2, 0.25) is 5.95 Å². The minimum absolute atomic E-state index is 0.768. The highest BCUT2D eigenvalue weighted by atomic mass is 15.2. The molecule has 0 bridgehead atoms. The maximum atomic E-state index is 4.63. The largest absolute Gasteiger partial charge is 0.344 e. The Balaban J connectivity index is 1.82. The van der Waals surface area contributed by atoms with Gasteiger partial charge in [0, 0.05) is 25.2 Å². The number of hydrogen-bond donors (Lipinski definition) is 1. The van der Waals surface area contributed by atoms with E-state index < -0.39 is 0 Å². The van der Waals surface area contributed by atoms with Crippen LogP contribution in [-0.4, -0.2) is 33.8 Å². The molecule has 1 N–H and O–H groups in total. The van der Waals surface area contributed by atoms with Gasteiger partial charge < -0.3 is 4.90 Å². The smallest absolute Gasteiger partial charge is 0.225 e. The van der Waals surface area contributed by atoms with Gasteiger partial charge in [0.25, 0.3) is 0 Å². The number of H-pyrrole nitrogens is 1. The van der Waals surface area contributed by atoms with Gasteiger partial charge in [-0.25, -0.2) is 9.97 Å². The van der Waals surface area contributed by atoms with E-state index in [2.05, 4.69) is 31.1 Å². The SMILES string of the molecule is Cc1nc(N(C)CCc2cn[nH]c2)nc2ccccc12. The minimum atomic E-state index is 0.768. The Morgan fingerprint density at radius 2 is 2.05 bits per heavy atom. The first-order chi connectivity index (χ1) is 9.74. The van der Waals surface area contributed by atoms with Gasteiger partial charge in [-0.1, -0.05) is 18.2 Å². The number of fused-ring (bicyclic) bond motifs is 1. The number of rotatable bonds is 4. The number of hydrogen-bond acceptors (Lipinski definition) is 4. The van der Waals surface area contributed by atoms with Crippen molar-refractivity contribution < 1.29 is 0 Å². The van der Waals surface area contributed by atoms with Crippen LogP contribution < -0.4 is 4.90 Å². The molecule has 5 heteroatoms. The summed E-state index contributed by atoms with van der Waals surface area (Å²) >= 11 is 0. The lowest BCUT2D eigenvalue weighted by Gasteiger charge is -2.17. The number of benzene rings is 1. The monoisotopic (exact) mass is 267 g/mol. The number of anilines is 1. The van der Waals surface area contributed by atoms with Gasteiger partial charge in [0.1, 0.15) is 0 Å². The highest BCUT2D eigenvalue weighted by Crippen LogP contribution is 2.18. The maximum Gasteiger partial charge on any atom is 0.225 e. The van der Waals surface area contributed by atoms with Crippen LogP contribution in [-0.2, 0) is 6.42 Å². The summed E-state index contributed by atoms with van der Waals surface area (Å²) in [6.07, 6.45) is 4.68. The van der Waals surface area contributed by atoms with Crippen LogP contribution in [0.4, 0.5) is 5.95 Å². The topological polar surface area (TPSA) is 57.7 Å². The number of aromatic nitrogens is 4. The molecule has 0 fully saturated rings. The van der Waals surface area contributed by atoms with Crippen LogP contribution in [0.3, 0.4) is 0 Å². The number of para-hydroxylation sites is 1. The number of aromatic amines is 1. The first-order valence-electron chi connectivity index (χ1n) is 6.66. The van der Waals surface area contributed by atoms with E-state index in [4.69, 9.17) is 0 Å². The average Bonchev–Trinajstić information content (AvgIpc) is 2.98. The lowest BCUT2D eigenvalue weighted by Crippen LogP contribution is -2.22. The third-order valence-corrected chi connectivity index (χ3v) is 3.41. The molecule has 2 heterocycles. The van der Waals surface area contributed by atoms with E-state index in [1.807, 2.05) is 44.6 Å². The van der Waals surface area contributed by atoms with Crippen molar-refractivity contribution in [1.82, 2.24) is 20.2 Å². The van der Waals surface area contributed by atoms with Crippen molar-refractivity contribution in [3.05, 3.63) is 47.9 Å². The van der Waals surface area contributed by atoms with Crippen LogP contribution >= 0.6 is 0 Å². The number of nitrogens with one attached hydrogen (secondary N) is 1. The third kappa shape index (κ3) is 2.47. The quantitative estimate of drug-likeness (QED) is 0.788. The molecule has 2 aromatic heterocycles. The molecular formula is C15H17N5. The maximum absolute atomic E-state index is 4.63.